The second-order valence-corrected chi connectivity index (χ2v) is 4.54. The van der Waals surface area contributed by atoms with Crippen molar-refractivity contribution >= 4 is 23.1 Å². The van der Waals surface area contributed by atoms with Crippen molar-refractivity contribution in [2.24, 2.45) is 0 Å². The van der Waals surface area contributed by atoms with E-state index in [-0.39, 0.29) is 18.0 Å². The summed E-state index contributed by atoms with van der Waals surface area (Å²) < 4.78 is 5.51. The summed E-state index contributed by atoms with van der Waals surface area (Å²) in [6, 6.07) is 7.90. The number of halogens is 1. The van der Waals surface area contributed by atoms with Crippen LogP contribution in [0.5, 0.6) is 5.75 Å². The van der Waals surface area contributed by atoms with Crippen molar-refractivity contribution in [1.29, 1.82) is 0 Å². The first-order valence-electron chi connectivity index (χ1n) is 5.76. The highest BCUT2D eigenvalue weighted by molar-refractivity contribution is 6.31. The van der Waals surface area contributed by atoms with E-state index in [9.17, 15) is 10.1 Å². The van der Waals surface area contributed by atoms with Gasteiger partial charge in [0, 0.05) is 6.07 Å². The summed E-state index contributed by atoms with van der Waals surface area (Å²) >= 11 is 5.97. The van der Waals surface area contributed by atoms with Crippen molar-refractivity contribution in [3.05, 3.63) is 56.7 Å². The predicted octanol–water partition coefficient (Wildman–Crippen LogP) is 3.11. The van der Waals surface area contributed by atoms with Crippen LogP contribution in [0, 0.1) is 17.0 Å². The van der Waals surface area contributed by atoms with Crippen molar-refractivity contribution in [3.63, 3.8) is 0 Å². The highest BCUT2D eigenvalue weighted by Gasteiger charge is 2.17. The Kier molecular flexibility index (Phi) is 4.05. The lowest BCUT2D eigenvalue weighted by molar-refractivity contribution is -0.386. The van der Waals surface area contributed by atoms with Crippen LogP contribution in [0.3, 0.4) is 0 Å². The number of para-hydroxylation sites is 1. The maximum absolute atomic E-state index is 11.0. The number of nitrogen functional groups attached to an aromatic ring is 1. The van der Waals surface area contributed by atoms with E-state index in [0.29, 0.717) is 22.1 Å². The highest BCUT2D eigenvalue weighted by atomic mass is 35.5. The Morgan fingerprint density at radius 2 is 2.15 bits per heavy atom. The second kappa shape index (κ2) is 5.75. The summed E-state index contributed by atoms with van der Waals surface area (Å²) in [5, 5.41) is 11.4. The van der Waals surface area contributed by atoms with Gasteiger partial charge in [0.25, 0.3) is 0 Å². The van der Waals surface area contributed by atoms with Crippen LogP contribution in [-0.2, 0) is 6.61 Å². The monoisotopic (exact) mass is 293 g/mol. The second-order valence-electron chi connectivity index (χ2n) is 4.13. The summed E-state index contributed by atoms with van der Waals surface area (Å²) in [7, 11) is 0. The summed E-state index contributed by atoms with van der Waals surface area (Å²) in [5.41, 5.74) is 6.58. The first kappa shape index (κ1) is 14.1. The summed E-state index contributed by atoms with van der Waals surface area (Å²) in [5.74, 6) is 0.519. The molecule has 2 aromatic rings. The molecule has 1 aromatic heterocycles. The Morgan fingerprint density at radius 1 is 1.40 bits per heavy atom. The SMILES string of the molecule is Cc1cccc([N+](=O)[O-])c1OCc1nc(N)ccc1Cl. The molecule has 0 aliphatic rings. The van der Waals surface area contributed by atoms with Gasteiger partial charge in [0.2, 0.25) is 0 Å². The van der Waals surface area contributed by atoms with Gasteiger partial charge in [0.15, 0.2) is 5.75 Å². The van der Waals surface area contributed by atoms with E-state index in [2.05, 4.69) is 4.98 Å². The molecule has 0 amide bonds. The van der Waals surface area contributed by atoms with Gasteiger partial charge < -0.3 is 10.5 Å². The van der Waals surface area contributed by atoms with E-state index in [0.717, 1.165) is 0 Å². The molecular weight excluding hydrogens is 282 g/mol. The van der Waals surface area contributed by atoms with E-state index in [1.54, 1.807) is 31.2 Å². The van der Waals surface area contributed by atoms with Crippen molar-refractivity contribution in [1.82, 2.24) is 4.98 Å². The van der Waals surface area contributed by atoms with Crippen LogP contribution in [0.15, 0.2) is 30.3 Å². The molecule has 0 saturated heterocycles. The molecule has 2 rings (SSSR count). The van der Waals surface area contributed by atoms with Gasteiger partial charge in [0.05, 0.1) is 15.6 Å². The molecule has 1 aromatic carbocycles. The number of hydrogen-bond acceptors (Lipinski definition) is 5. The van der Waals surface area contributed by atoms with Gasteiger partial charge in [-0.25, -0.2) is 4.98 Å². The number of aryl methyl sites for hydroxylation is 1. The molecule has 104 valence electrons. The molecule has 7 heteroatoms. The lowest BCUT2D eigenvalue weighted by atomic mass is 10.2. The molecule has 0 atom stereocenters. The normalized spacial score (nSPS) is 10.3. The van der Waals surface area contributed by atoms with E-state index in [4.69, 9.17) is 22.1 Å². The van der Waals surface area contributed by atoms with Crippen LogP contribution in [-0.4, -0.2) is 9.91 Å². The molecule has 2 N–H and O–H groups in total. The maximum Gasteiger partial charge on any atom is 0.311 e. The third-order valence-corrected chi connectivity index (χ3v) is 3.03. The smallest absolute Gasteiger partial charge is 0.311 e. The van der Waals surface area contributed by atoms with E-state index < -0.39 is 4.92 Å². The summed E-state index contributed by atoms with van der Waals surface area (Å²) in [6.45, 7) is 1.74. The van der Waals surface area contributed by atoms with E-state index >= 15 is 0 Å². The Hall–Kier alpha value is -2.34. The van der Waals surface area contributed by atoms with Crippen LogP contribution >= 0.6 is 11.6 Å². The number of pyridine rings is 1. The number of aromatic nitrogens is 1. The summed E-state index contributed by atoms with van der Waals surface area (Å²) in [6.07, 6.45) is 0. The highest BCUT2D eigenvalue weighted by Crippen LogP contribution is 2.31. The van der Waals surface area contributed by atoms with Gasteiger partial charge in [-0.2, -0.15) is 0 Å². The number of nitro benzene ring substituents is 1. The minimum absolute atomic E-state index is 0.00949. The number of ether oxygens (including phenoxy) is 1. The molecule has 20 heavy (non-hydrogen) atoms. The minimum Gasteiger partial charge on any atom is -0.480 e. The molecular formula is C13H12ClN3O3. The zero-order valence-corrected chi connectivity index (χ0v) is 11.4. The number of nitrogens with zero attached hydrogens (tertiary/aromatic N) is 2. The fraction of sp³-hybridized carbons (Fsp3) is 0.154. The number of rotatable bonds is 4. The van der Waals surface area contributed by atoms with Crippen LogP contribution in [0.1, 0.15) is 11.3 Å². The molecule has 0 spiro atoms. The van der Waals surface area contributed by atoms with Crippen molar-refractivity contribution in [2.75, 3.05) is 5.73 Å². The quantitative estimate of drug-likeness (QED) is 0.691. The van der Waals surface area contributed by atoms with Crippen molar-refractivity contribution < 1.29 is 9.66 Å². The van der Waals surface area contributed by atoms with Crippen molar-refractivity contribution in [3.8, 4) is 5.75 Å². The van der Waals surface area contributed by atoms with Crippen LogP contribution in [0.2, 0.25) is 5.02 Å². The predicted molar refractivity (Wildman–Crippen MR) is 75.8 cm³/mol. The number of benzene rings is 1. The Balaban J connectivity index is 2.27. The standard InChI is InChI=1S/C13H12ClN3O3/c1-8-3-2-4-11(17(18)19)13(8)20-7-10-9(14)5-6-12(15)16-10/h2-6H,7H2,1H3,(H2,15,16). The molecule has 0 fully saturated rings. The van der Waals surface area contributed by atoms with Gasteiger partial charge in [-0.1, -0.05) is 23.7 Å². The fourth-order valence-electron chi connectivity index (χ4n) is 1.71. The molecule has 6 nitrogen and oxygen atoms in total. The molecule has 0 saturated carbocycles. The molecule has 0 aliphatic carbocycles. The van der Waals surface area contributed by atoms with Gasteiger partial charge in [-0.15, -0.1) is 0 Å². The Morgan fingerprint density at radius 3 is 2.85 bits per heavy atom. The molecule has 0 aliphatic heterocycles. The molecule has 0 unspecified atom stereocenters. The topological polar surface area (TPSA) is 91.3 Å². The van der Waals surface area contributed by atoms with Crippen molar-refractivity contribution in [2.45, 2.75) is 13.5 Å². The Labute approximate surface area is 120 Å². The van der Waals surface area contributed by atoms with Crippen LogP contribution < -0.4 is 10.5 Å². The number of hydrogen-bond donors (Lipinski definition) is 1. The van der Waals surface area contributed by atoms with Gasteiger partial charge in [-0.3, -0.25) is 10.1 Å². The number of anilines is 1. The lowest BCUT2D eigenvalue weighted by Gasteiger charge is -2.10. The van der Waals surface area contributed by atoms with Gasteiger partial charge in [0.1, 0.15) is 12.4 Å². The minimum atomic E-state index is -0.489. The first-order chi connectivity index (χ1) is 9.49. The van der Waals surface area contributed by atoms with E-state index in [1.165, 1.54) is 6.07 Å². The van der Waals surface area contributed by atoms with Gasteiger partial charge >= 0.3 is 5.69 Å². The molecule has 0 radical (unpaired) electrons. The average molecular weight is 294 g/mol. The molecule has 1 heterocycles. The third kappa shape index (κ3) is 2.97. The lowest BCUT2D eigenvalue weighted by Crippen LogP contribution is -2.04. The largest absolute Gasteiger partial charge is 0.480 e. The first-order valence-corrected chi connectivity index (χ1v) is 6.14. The number of nitro groups is 1. The zero-order chi connectivity index (χ0) is 14.7. The maximum atomic E-state index is 11.0. The Bertz CT molecular complexity index is 661. The molecule has 0 bridgehead atoms. The summed E-state index contributed by atoms with van der Waals surface area (Å²) in [4.78, 5) is 14.5. The van der Waals surface area contributed by atoms with Crippen LogP contribution in [0.25, 0.3) is 0 Å². The van der Waals surface area contributed by atoms with Crippen LogP contribution in [0.4, 0.5) is 11.5 Å². The van der Waals surface area contributed by atoms with E-state index in [1.807, 2.05) is 0 Å². The fourth-order valence-corrected chi connectivity index (χ4v) is 1.87. The third-order valence-electron chi connectivity index (χ3n) is 2.68. The number of nitrogens with two attached hydrogens (primary N) is 1. The average Bonchev–Trinajstić information content (AvgIpc) is 2.40. The zero-order valence-electron chi connectivity index (χ0n) is 10.7. The van der Waals surface area contributed by atoms with Gasteiger partial charge in [-0.05, 0) is 24.6 Å².